The van der Waals surface area contributed by atoms with Crippen LogP contribution in [0.15, 0.2) is 18.2 Å². The maximum Gasteiger partial charge on any atom is 0.300 e. The fraction of sp³-hybridized carbons (Fsp3) is 0.462. The van der Waals surface area contributed by atoms with Crippen molar-refractivity contribution in [1.29, 1.82) is 0 Å². The summed E-state index contributed by atoms with van der Waals surface area (Å²) >= 11 is 5.81. The van der Waals surface area contributed by atoms with Crippen molar-refractivity contribution in [3.05, 3.63) is 38.9 Å². The van der Waals surface area contributed by atoms with Crippen molar-refractivity contribution in [3.8, 4) is 0 Å². The maximum atomic E-state index is 12.4. The standard InChI is InChI=1S/C13H17ClN2O4/c1-3-15(8-9-20-4-2)13(17)10-6-5-7-11(14)12(10)16(18)19/h5-7H,3-4,8-9H2,1-2H3. The molecule has 0 spiro atoms. The van der Waals surface area contributed by atoms with Gasteiger partial charge in [0.2, 0.25) is 0 Å². The Bertz CT molecular complexity index is 493. The Kier molecular flexibility index (Phi) is 6.41. The number of amides is 1. The maximum absolute atomic E-state index is 12.4. The number of nitro benzene ring substituents is 1. The van der Waals surface area contributed by atoms with E-state index in [-0.39, 0.29) is 16.3 Å². The highest BCUT2D eigenvalue weighted by Gasteiger charge is 2.26. The smallest absolute Gasteiger partial charge is 0.300 e. The third-order valence-corrected chi connectivity index (χ3v) is 3.08. The first-order chi connectivity index (χ1) is 9.52. The van der Waals surface area contributed by atoms with Gasteiger partial charge in [0.25, 0.3) is 5.91 Å². The topological polar surface area (TPSA) is 72.7 Å². The third-order valence-electron chi connectivity index (χ3n) is 2.78. The fourth-order valence-corrected chi connectivity index (χ4v) is 2.01. The van der Waals surface area contributed by atoms with Crippen LogP contribution >= 0.6 is 11.6 Å². The van der Waals surface area contributed by atoms with Crippen molar-refractivity contribution in [2.45, 2.75) is 13.8 Å². The third kappa shape index (κ3) is 3.91. The van der Waals surface area contributed by atoms with Gasteiger partial charge in [-0.1, -0.05) is 17.7 Å². The van der Waals surface area contributed by atoms with E-state index in [1.807, 2.05) is 6.92 Å². The van der Waals surface area contributed by atoms with Crippen molar-refractivity contribution in [2.75, 3.05) is 26.3 Å². The van der Waals surface area contributed by atoms with Crippen LogP contribution in [0.3, 0.4) is 0 Å². The molecule has 20 heavy (non-hydrogen) atoms. The number of carbonyl (C=O) groups excluding carboxylic acids is 1. The quantitative estimate of drug-likeness (QED) is 0.441. The lowest BCUT2D eigenvalue weighted by Crippen LogP contribution is -2.34. The largest absolute Gasteiger partial charge is 0.380 e. The van der Waals surface area contributed by atoms with Crippen LogP contribution < -0.4 is 0 Å². The van der Waals surface area contributed by atoms with Gasteiger partial charge in [0.05, 0.1) is 11.5 Å². The van der Waals surface area contributed by atoms with E-state index < -0.39 is 10.8 Å². The molecule has 0 N–H and O–H groups in total. The van der Waals surface area contributed by atoms with E-state index in [1.165, 1.54) is 23.1 Å². The predicted molar refractivity (Wildman–Crippen MR) is 76.2 cm³/mol. The molecule has 1 aromatic carbocycles. The van der Waals surface area contributed by atoms with E-state index in [4.69, 9.17) is 16.3 Å². The average Bonchev–Trinajstić information content (AvgIpc) is 2.42. The number of carbonyl (C=O) groups is 1. The van der Waals surface area contributed by atoms with Crippen molar-refractivity contribution in [1.82, 2.24) is 4.90 Å². The minimum Gasteiger partial charge on any atom is -0.380 e. The number of ether oxygens (including phenoxy) is 1. The second-order valence-electron chi connectivity index (χ2n) is 3.97. The zero-order chi connectivity index (χ0) is 15.1. The van der Waals surface area contributed by atoms with Gasteiger partial charge in [0.1, 0.15) is 10.6 Å². The molecule has 0 aliphatic rings. The van der Waals surface area contributed by atoms with E-state index in [2.05, 4.69) is 0 Å². The lowest BCUT2D eigenvalue weighted by atomic mass is 10.1. The molecular formula is C13H17ClN2O4. The van der Waals surface area contributed by atoms with Gasteiger partial charge >= 0.3 is 5.69 Å². The average molecular weight is 301 g/mol. The lowest BCUT2D eigenvalue weighted by Gasteiger charge is -2.20. The van der Waals surface area contributed by atoms with Crippen LogP contribution in [0, 0.1) is 10.1 Å². The molecule has 0 saturated carbocycles. The first kappa shape index (κ1) is 16.4. The number of benzene rings is 1. The summed E-state index contributed by atoms with van der Waals surface area (Å²) in [5.41, 5.74) is -0.352. The number of nitrogens with zero attached hydrogens (tertiary/aromatic N) is 2. The molecule has 1 rings (SSSR count). The van der Waals surface area contributed by atoms with Gasteiger partial charge in [-0.05, 0) is 26.0 Å². The second kappa shape index (κ2) is 7.81. The number of rotatable bonds is 7. The van der Waals surface area contributed by atoms with Crippen LogP contribution in [-0.4, -0.2) is 42.0 Å². The molecule has 6 nitrogen and oxygen atoms in total. The van der Waals surface area contributed by atoms with Gasteiger partial charge in [-0.15, -0.1) is 0 Å². The molecule has 0 aliphatic heterocycles. The van der Waals surface area contributed by atoms with Crippen molar-refractivity contribution in [3.63, 3.8) is 0 Å². The minimum absolute atomic E-state index is 0.000786. The highest BCUT2D eigenvalue weighted by atomic mass is 35.5. The summed E-state index contributed by atoms with van der Waals surface area (Å²) in [6.45, 7) is 5.44. The molecule has 1 aromatic rings. The molecule has 7 heteroatoms. The molecule has 0 saturated heterocycles. The number of hydrogen-bond donors (Lipinski definition) is 0. The molecule has 0 heterocycles. The van der Waals surface area contributed by atoms with Gasteiger partial charge < -0.3 is 9.64 Å². The zero-order valence-corrected chi connectivity index (χ0v) is 12.2. The molecule has 0 fully saturated rings. The van der Waals surface area contributed by atoms with Crippen LogP contribution in [0.1, 0.15) is 24.2 Å². The first-order valence-corrected chi connectivity index (χ1v) is 6.70. The fourth-order valence-electron chi connectivity index (χ4n) is 1.77. The highest BCUT2D eigenvalue weighted by Crippen LogP contribution is 2.29. The molecule has 1 amide bonds. The van der Waals surface area contributed by atoms with Crippen LogP contribution in [-0.2, 0) is 4.74 Å². The molecular weight excluding hydrogens is 284 g/mol. The molecule has 0 aliphatic carbocycles. The highest BCUT2D eigenvalue weighted by molar-refractivity contribution is 6.33. The number of halogens is 1. The van der Waals surface area contributed by atoms with Gasteiger partial charge in [-0.25, -0.2) is 0 Å². The van der Waals surface area contributed by atoms with Crippen LogP contribution in [0.4, 0.5) is 5.69 Å². The minimum atomic E-state index is -0.633. The van der Waals surface area contributed by atoms with Gasteiger partial charge in [0, 0.05) is 19.7 Å². The Labute approximate surface area is 122 Å². The van der Waals surface area contributed by atoms with Gasteiger partial charge in [-0.2, -0.15) is 0 Å². The summed E-state index contributed by atoms with van der Waals surface area (Å²) in [7, 11) is 0. The monoisotopic (exact) mass is 300 g/mol. The Balaban J connectivity index is 3.00. The molecule has 0 aromatic heterocycles. The Morgan fingerprint density at radius 3 is 2.70 bits per heavy atom. The van der Waals surface area contributed by atoms with E-state index in [0.717, 1.165) is 0 Å². The Hall–Kier alpha value is -1.66. The summed E-state index contributed by atoms with van der Waals surface area (Å²) in [5.74, 6) is -0.415. The second-order valence-corrected chi connectivity index (χ2v) is 4.38. The Morgan fingerprint density at radius 2 is 2.15 bits per heavy atom. The molecule has 0 unspecified atom stereocenters. The van der Waals surface area contributed by atoms with Gasteiger partial charge in [-0.3, -0.25) is 14.9 Å². The molecule has 0 atom stereocenters. The summed E-state index contributed by atoms with van der Waals surface area (Å²) < 4.78 is 5.20. The van der Waals surface area contributed by atoms with E-state index >= 15 is 0 Å². The number of likely N-dealkylation sites (N-methyl/N-ethyl adjacent to an activating group) is 1. The van der Waals surface area contributed by atoms with E-state index in [1.54, 1.807) is 6.92 Å². The van der Waals surface area contributed by atoms with E-state index in [0.29, 0.717) is 26.3 Å². The molecule has 0 bridgehead atoms. The van der Waals surface area contributed by atoms with Crippen molar-refractivity contribution < 1.29 is 14.5 Å². The SMILES string of the molecule is CCOCCN(CC)C(=O)c1cccc(Cl)c1[N+](=O)[O-]. The molecule has 110 valence electrons. The number of hydrogen-bond acceptors (Lipinski definition) is 4. The van der Waals surface area contributed by atoms with Crippen molar-refractivity contribution in [2.24, 2.45) is 0 Å². The Morgan fingerprint density at radius 1 is 1.45 bits per heavy atom. The summed E-state index contributed by atoms with van der Waals surface area (Å²) in [6.07, 6.45) is 0. The first-order valence-electron chi connectivity index (χ1n) is 6.32. The number of para-hydroxylation sites is 1. The lowest BCUT2D eigenvalue weighted by molar-refractivity contribution is -0.385. The normalized spacial score (nSPS) is 10.3. The van der Waals surface area contributed by atoms with E-state index in [9.17, 15) is 14.9 Å². The van der Waals surface area contributed by atoms with Crippen LogP contribution in [0.2, 0.25) is 5.02 Å². The van der Waals surface area contributed by atoms with Crippen LogP contribution in [0.25, 0.3) is 0 Å². The van der Waals surface area contributed by atoms with Crippen molar-refractivity contribution >= 4 is 23.2 Å². The number of nitro groups is 1. The van der Waals surface area contributed by atoms with Gasteiger partial charge in [0.15, 0.2) is 0 Å². The summed E-state index contributed by atoms with van der Waals surface area (Å²) in [4.78, 5) is 24.3. The predicted octanol–water partition coefficient (Wildman–Crippen LogP) is 2.75. The summed E-state index contributed by atoms with van der Waals surface area (Å²) in [5, 5.41) is 11.0. The zero-order valence-electron chi connectivity index (χ0n) is 11.5. The van der Waals surface area contributed by atoms with Crippen LogP contribution in [0.5, 0.6) is 0 Å². The summed E-state index contributed by atoms with van der Waals surface area (Å²) in [6, 6.07) is 4.33. The molecule has 0 radical (unpaired) electrons.